The molecule has 0 spiro atoms. The molecule has 8 heteroatoms. The number of H-pyrrole nitrogens is 1. The summed E-state index contributed by atoms with van der Waals surface area (Å²) in [5.74, 6) is 3.67. The predicted molar refractivity (Wildman–Crippen MR) is 122 cm³/mol. The molecule has 1 saturated carbocycles. The highest BCUT2D eigenvalue weighted by Crippen LogP contribution is 2.39. The maximum absolute atomic E-state index is 4.62. The second kappa shape index (κ2) is 7.96. The monoisotopic (exact) mass is 417 g/mol. The fourth-order valence-electron chi connectivity index (χ4n) is 4.54. The molecule has 31 heavy (non-hydrogen) atoms. The number of nitrogens with zero attached hydrogens (tertiary/aromatic N) is 4. The number of fused-ring (bicyclic) bond motifs is 1. The van der Waals surface area contributed by atoms with Gasteiger partial charge in [-0.05, 0) is 30.5 Å². The fraction of sp³-hybridized carbons (Fsp3) is 0.391. The molecule has 1 saturated heterocycles. The number of amidine groups is 1. The molecule has 6 rings (SSSR count). The first kappa shape index (κ1) is 18.8. The second-order valence-electron chi connectivity index (χ2n) is 8.78. The Morgan fingerprint density at radius 1 is 1.16 bits per heavy atom. The van der Waals surface area contributed by atoms with Gasteiger partial charge in [0.05, 0.1) is 12.4 Å². The number of benzene rings is 1. The highest BCUT2D eigenvalue weighted by molar-refractivity contribution is 5.84. The molecule has 2 aromatic rings. The van der Waals surface area contributed by atoms with E-state index in [1.54, 1.807) is 0 Å². The molecular formula is C23H29N8+. The predicted octanol–water partition coefficient (Wildman–Crippen LogP) is 1.19. The number of piperazine rings is 1. The average Bonchev–Trinajstić information content (AvgIpc) is 3.35. The van der Waals surface area contributed by atoms with Crippen LogP contribution in [-0.4, -0.2) is 53.7 Å². The van der Waals surface area contributed by atoms with E-state index in [1.807, 2.05) is 6.20 Å². The molecule has 0 radical (unpaired) electrons. The summed E-state index contributed by atoms with van der Waals surface area (Å²) in [7, 11) is 0. The fourth-order valence-corrected chi connectivity index (χ4v) is 4.54. The molecule has 0 amide bonds. The number of nitrogens with one attached hydrogen (secondary N) is 4. The van der Waals surface area contributed by atoms with E-state index < -0.39 is 0 Å². The molecule has 1 aromatic carbocycles. The smallest absolute Gasteiger partial charge is 0.232 e. The summed E-state index contributed by atoms with van der Waals surface area (Å²) in [6, 6.07) is 11.0. The van der Waals surface area contributed by atoms with Crippen LogP contribution in [0.5, 0.6) is 0 Å². The van der Waals surface area contributed by atoms with Crippen LogP contribution in [0, 0.1) is 0 Å². The highest BCUT2D eigenvalue weighted by Gasteiger charge is 2.32. The van der Waals surface area contributed by atoms with Crippen molar-refractivity contribution in [1.82, 2.24) is 20.4 Å². The average molecular weight is 418 g/mol. The topological polar surface area (TPSA) is 76.0 Å². The molecule has 8 nitrogen and oxygen atoms in total. The largest absolute Gasteiger partial charge is 0.329 e. The standard InChI is InChI=1S/C23H28N8/c1-2-17(14-29-9-6-24-7-10-29)12-19(3-1)30-15-22-25-8-11-31(22)23(16-30)26-21-13-20(27-28-21)18-4-5-18/h1-3,8,11-13,16,18,24H,4-7,9-10,14-15H2,(H2,26,27,28)/p+1. The number of aliphatic imine (C=N–C) groups is 1. The van der Waals surface area contributed by atoms with Crippen LogP contribution in [-0.2, 0) is 6.54 Å². The van der Waals surface area contributed by atoms with Gasteiger partial charge in [0, 0.05) is 56.1 Å². The van der Waals surface area contributed by atoms with Gasteiger partial charge in [0.25, 0.3) is 0 Å². The van der Waals surface area contributed by atoms with Crippen molar-refractivity contribution in [1.29, 1.82) is 0 Å². The van der Waals surface area contributed by atoms with Crippen LogP contribution in [0.1, 0.15) is 30.0 Å². The van der Waals surface area contributed by atoms with Gasteiger partial charge in [-0.2, -0.15) is 5.10 Å². The Balaban J connectivity index is 1.23. The van der Waals surface area contributed by atoms with Crippen LogP contribution in [0.3, 0.4) is 0 Å². The molecule has 160 valence electrons. The summed E-state index contributed by atoms with van der Waals surface area (Å²) in [5, 5.41) is 14.6. The first-order chi connectivity index (χ1) is 15.3. The summed E-state index contributed by atoms with van der Waals surface area (Å²) in [5.41, 5.74) is 3.78. The van der Waals surface area contributed by atoms with E-state index in [0.29, 0.717) is 5.92 Å². The number of hydrogen-bond donors (Lipinski definition) is 4. The zero-order valence-electron chi connectivity index (χ0n) is 17.6. The van der Waals surface area contributed by atoms with E-state index in [0.717, 1.165) is 61.6 Å². The minimum Gasteiger partial charge on any atom is -0.329 e. The van der Waals surface area contributed by atoms with Gasteiger partial charge in [-0.3, -0.25) is 15.3 Å². The third-order valence-electron chi connectivity index (χ3n) is 6.41. The first-order valence-electron chi connectivity index (χ1n) is 11.3. The Kier molecular flexibility index (Phi) is 4.82. The Morgan fingerprint density at radius 2 is 2.06 bits per heavy atom. The molecule has 1 aliphatic carbocycles. The number of hydrogen-bond acceptors (Lipinski definition) is 6. The Labute approximate surface area is 182 Å². The van der Waals surface area contributed by atoms with E-state index in [4.69, 9.17) is 0 Å². The Hall–Kier alpha value is -2.94. The Morgan fingerprint density at radius 3 is 2.94 bits per heavy atom. The molecule has 4 heterocycles. The van der Waals surface area contributed by atoms with Crippen molar-refractivity contribution in [2.24, 2.45) is 4.99 Å². The van der Waals surface area contributed by atoms with Crippen molar-refractivity contribution in [3.05, 3.63) is 66.0 Å². The maximum Gasteiger partial charge on any atom is 0.232 e. The Bertz CT molecular complexity index is 1040. The summed E-state index contributed by atoms with van der Waals surface area (Å²) in [6.07, 6.45) is 8.70. The summed E-state index contributed by atoms with van der Waals surface area (Å²) in [4.78, 5) is 10.6. The minimum absolute atomic E-state index is 0.662. The number of rotatable bonds is 6. The zero-order valence-corrected chi connectivity index (χ0v) is 17.6. The lowest BCUT2D eigenvalue weighted by Gasteiger charge is -2.30. The molecule has 2 fully saturated rings. The van der Waals surface area contributed by atoms with Crippen LogP contribution in [0.4, 0.5) is 11.5 Å². The van der Waals surface area contributed by atoms with Crippen molar-refractivity contribution in [3.63, 3.8) is 0 Å². The normalized spacial score (nSPS) is 23.5. The first-order valence-corrected chi connectivity index (χ1v) is 11.3. The van der Waals surface area contributed by atoms with E-state index in [9.17, 15) is 0 Å². The van der Waals surface area contributed by atoms with E-state index in [1.165, 1.54) is 29.8 Å². The van der Waals surface area contributed by atoms with Gasteiger partial charge in [0.2, 0.25) is 11.7 Å². The van der Waals surface area contributed by atoms with Gasteiger partial charge >= 0.3 is 0 Å². The van der Waals surface area contributed by atoms with E-state index in [2.05, 4.69) is 78.4 Å². The molecule has 4 N–H and O–H groups in total. The van der Waals surface area contributed by atoms with Gasteiger partial charge in [-0.25, -0.2) is 9.89 Å². The SMILES string of the molecule is C1=C[NH+]2C(Nc3cc(C4CC4)[nH]n3)=CN(c3cccc(CN4CCNCC4)c3)CC2=N1. The van der Waals surface area contributed by atoms with Gasteiger partial charge in [-0.1, -0.05) is 12.1 Å². The van der Waals surface area contributed by atoms with Gasteiger partial charge < -0.3 is 10.2 Å². The molecule has 0 bridgehead atoms. The van der Waals surface area contributed by atoms with Crippen molar-refractivity contribution >= 4 is 17.3 Å². The molecule has 1 atom stereocenters. The lowest BCUT2D eigenvalue weighted by atomic mass is 10.1. The highest BCUT2D eigenvalue weighted by atomic mass is 15.4. The number of quaternary nitrogens is 1. The van der Waals surface area contributed by atoms with Gasteiger partial charge in [-0.15, -0.1) is 0 Å². The van der Waals surface area contributed by atoms with Gasteiger partial charge in [0.15, 0.2) is 5.82 Å². The van der Waals surface area contributed by atoms with Crippen LogP contribution >= 0.6 is 0 Å². The molecule has 4 aliphatic rings. The van der Waals surface area contributed by atoms with E-state index in [-0.39, 0.29) is 0 Å². The van der Waals surface area contributed by atoms with Crippen molar-refractivity contribution in [3.8, 4) is 0 Å². The second-order valence-corrected chi connectivity index (χ2v) is 8.78. The van der Waals surface area contributed by atoms with Crippen molar-refractivity contribution in [2.45, 2.75) is 25.3 Å². The molecule has 1 unspecified atom stereocenters. The van der Waals surface area contributed by atoms with Crippen LogP contribution in [0.25, 0.3) is 0 Å². The van der Waals surface area contributed by atoms with Crippen molar-refractivity contribution in [2.75, 3.05) is 42.9 Å². The number of aromatic amines is 1. The third kappa shape index (κ3) is 4.01. The van der Waals surface area contributed by atoms with Crippen LogP contribution in [0.2, 0.25) is 0 Å². The van der Waals surface area contributed by atoms with Crippen LogP contribution < -0.4 is 20.4 Å². The molecule has 1 aromatic heterocycles. The lowest BCUT2D eigenvalue weighted by molar-refractivity contribution is -0.698. The zero-order chi connectivity index (χ0) is 20.6. The summed E-state index contributed by atoms with van der Waals surface area (Å²) in [6.45, 7) is 6.13. The molecular weight excluding hydrogens is 388 g/mol. The summed E-state index contributed by atoms with van der Waals surface area (Å²) < 4.78 is 0. The number of anilines is 2. The quantitative estimate of drug-likeness (QED) is 0.568. The van der Waals surface area contributed by atoms with Crippen molar-refractivity contribution < 1.29 is 4.90 Å². The van der Waals surface area contributed by atoms with E-state index >= 15 is 0 Å². The third-order valence-corrected chi connectivity index (χ3v) is 6.41. The number of aromatic nitrogens is 2. The lowest BCUT2D eigenvalue weighted by Crippen LogP contribution is -3.10. The summed E-state index contributed by atoms with van der Waals surface area (Å²) >= 11 is 0. The maximum atomic E-state index is 4.62. The molecule has 3 aliphatic heterocycles. The van der Waals surface area contributed by atoms with Gasteiger partial charge in [0.1, 0.15) is 12.7 Å². The van der Waals surface area contributed by atoms with Crippen LogP contribution in [0.15, 0.2) is 59.7 Å². The minimum atomic E-state index is 0.662.